The van der Waals surface area contributed by atoms with E-state index >= 15 is 0 Å². The molecule has 0 aliphatic carbocycles. The third kappa shape index (κ3) is 2.92. The molecule has 4 atom stereocenters. The molecule has 90 valence electrons. The van der Waals surface area contributed by atoms with Gasteiger partial charge in [0.1, 0.15) is 0 Å². The van der Waals surface area contributed by atoms with Crippen LogP contribution in [0.3, 0.4) is 0 Å². The summed E-state index contributed by atoms with van der Waals surface area (Å²) in [5, 5.41) is 0. The molecule has 4 unspecified atom stereocenters. The van der Waals surface area contributed by atoms with Crippen LogP contribution < -0.4 is 0 Å². The van der Waals surface area contributed by atoms with Crippen molar-refractivity contribution >= 4 is 0 Å². The van der Waals surface area contributed by atoms with E-state index in [2.05, 4.69) is 13.8 Å². The maximum atomic E-state index is 6.03. The van der Waals surface area contributed by atoms with E-state index in [-0.39, 0.29) is 0 Å². The van der Waals surface area contributed by atoms with Gasteiger partial charge in [-0.1, -0.05) is 13.8 Å². The highest BCUT2D eigenvalue weighted by Crippen LogP contribution is 2.36. The number of hydrogen-bond acceptors (Lipinski definition) is 3. The lowest BCUT2D eigenvalue weighted by atomic mass is 9.86. The van der Waals surface area contributed by atoms with Crippen molar-refractivity contribution in [3.8, 4) is 0 Å². The SMILES string of the molecule is CCC1OC(CC)C(COC)C1COC. The molecular weight excluding hydrogens is 192 g/mol. The van der Waals surface area contributed by atoms with Gasteiger partial charge in [-0.25, -0.2) is 0 Å². The molecule has 0 aromatic rings. The minimum atomic E-state index is 0.343. The number of methoxy groups -OCH3 is 2. The normalized spacial score (nSPS) is 36.0. The Morgan fingerprint density at radius 3 is 1.53 bits per heavy atom. The van der Waals surface area contributed by atoms with E-state index < -0.39 is 0 Å². The molecule has 0 radical (unpaired) electrons. The Labute approximate surface area is 93.1 Å². The van der Waals surface area contributed by atoms with Gasteiger partial charge in [0.15, 0.2) is 0 Å². The van der Waals surface area contributed by atoms with E-state index in [1.807, 2.05) is 0 Å². The number of ether oxygens (including phenoxy) is 3. The van der Waals surface area contributed by atoms with Gasteiger partial charge in [-0.2, -0.15) is 0 Å². The van der Waals surface area contributed by atoms with Crippen LogP contribution >= 0.6 is 0 Å². The summed E-state index contributed by atoms with van der Waals surface area (Å²) in [6.45, 7) is 5.91. The van der Waals surface area contributed by atoms with Crippen LogP contribution in [0, 0.1) is 11.8 Å². The Kier molecular flexibility index (Phi) is 5.58. The molecule has 0 aromatic carbocycles. The predicted octanol–water partition coefficient (Wildman–Crippen LogP) is 2.10. The summed E-state index contributed by atoms with van der Waals surface area (Å²) >= 11 is 0. The van der Waals surface area contributed by atoms with Crippen LogP contribution in [-0.2, 0) is 14.2 Å². The van der Waals surface area contributed by atoms with Gasteiger partial charge in [0.25, 0.3) is 0 Å². The van der Waals surface area contributed by atoms with Gasteiger partial charge < -0.3 is 14.2 Å². The Morgan fingerprint density at radius 2 is 1.27 bits per heavy atom. The van der Waals surface area contributed by atoms with Crippen molar-refractivity contribution in [3.63, 3.8) is 0 Å². The molecule has 0 amide bonds. The summed E-state index contributed by atoms with van der Waals surface area (Å²) in [4.78, 5) is 0. The highest BCUT2D eigenvalue weighted by Gasteiger charge is 2.42. The maximum Gasteiger partial charge on any atom is 0.0631 e. The van der Waals surface area contributed by atoms with E-state index in [1.165, 1.54) is 0 Å². The molecule has 1 saturated heterocycles. The Morgan fingerprint density at radius 1 is 0.867 bits per heavy atom. The van der Waals surface area contributed by atoms with Crippen molar-refractivity contribution in [2.45, 2.75) is 38.9 Å². The molecule has 1 aliphatic heterocycles. The maximum absolute atomic E-state index is 6.03. The summed E-state index contributed by atoms with van der Waals surface area (Å²) < 4.78 is 16.6. The molecule has 0 saturated carbocycles. The average molecular weight is 216 g/mol. The van der Waals surface area contributed by atoms with E-state index in [0.29, 0.717) is 24.0 Å². The Balaban J connectivity index is 2.65. The van der Waals surface area contributed by atoms with Crippen LogP contribution in [0.5, 0.6) is 0 Å². The lowest BCUT2D eigenvalue weighted by molar-refractivity contribution is 0.0135. The molecule has 1 heterocycles. The summed E-state index contributed by atoms with van der Waals surface area (Å²) in [5.74, 6) is 0.981. The molecule has 0 aromatic heterocycles. The largest absolute Gasteiger partial charge is 0.384 e. The molecular formula is C12H24O3. The zero-order valence-electron chi connectivity index (χ0n) is 10.4. The molecule has 0 spiro atoms. The number of rotatable bonds is 6. The van der Waals surface area contributed by atoms with E-state index in [4.69, 9.17) is 14.2 Å². The van der Waals surface area contributed by atoms with Crippen LogP contribution in [0.25, 0.3) is 0 Å². The number of hydrogen-bond donors (Lipinski definition) is 0. The molecule has 1 rings (SSSR count). The van der Waals surface area contributed by atoms with Gasteiger partial charge in [-0.3, -0.25) is 0 Å². The lowest BCUT2D eigenvalue weighted by Crippen LogP contribution is -2.29. The van der Waals surface area contributed by atoms with Gasteiger partial charge in [0, 0.05) is 26.1 Å². The highest BCUT2D eigenvalue weighted by molar-refractivity contribution is 4.89. The topological polar surface area (TPSA) is 27.7 Å². The van der Waals surface area contributed by atoms with E-state index in [9.17, 15) is 0 Å². The molecule has 3 nitrogen and oxygen atoms in total. The molecule has 1 aliphatic rings. The smallest absolute Gasteiger partial charge is 0.0631 e. The van der Waals surface area contributed by atoms with E-state index in [1.54, 1.807) is 14.2 Å². The first-order chi connectivity index (χ1) is 7.28. The van der Waals surface area contributed by atoms with Crippen molar-refractivity contribution in [2.75, 3.05) is 27.4 Å². The van der Waals surface area contributed by atoms with Crippen LogP contribution in [0.4, 0.5) is 0 Å². The van der Waals surface area contributed by atoms with E-state index in [0.717, 1.165) is 26.1 Å². The van der Waals surface area contributed by atoms with Crippen molar-refractivity contribution < 1.29 is 14.2 Å². The summed E-state index contributed by atoms with van der Waals surface area (Å²) in [5.41, 5.74) is 0. The van der Waals surface area contributed by atoms with Crippen molar-refractivity contribution in [2.24, 2.45) is 11.8 Å². The lowest BCUT2D eigenvalue weighted by Gasteiger charge is -2.22. The second-order valence-electron chi connectivity index (χ2n) is 4.27. The molecule has 1 fully saturated rings. The summed E-state index contributed by atoms with van der Waals surface area (Å²) in [6, 6.07) is 0. The first-order valence-electron chi connectivity index (χ1n) is 5.91. The predicted molar refractivity (Wildman–Crippen MR) is 60.0 cm³/mol. The van der Waals surface area contributed by atoms with Crippen LogP contribution in [0.2, 0.25) is 0 Å². The third-order valence-electron chi connectivity index (χ3n) is 3.38. The minimum Gasteiger partial charge on any atom is -0.384 e. The average Bonchev–Trinajstić information content (AvgIpc) is 2.58. The Bertz CT molecular complexity index is 154. The highest BCUT2D eigenvalue weighted by atomic mass is 16.5. The minimum absolute atomic E-state index is 0.343. The Hall–Kier alpha value is -0.120. The van der Waals surface area contributed by atoms with Gasteiger partial charge in [-0.15, -0.1) is 0 Å². The summed E-state index contributed by atoms with van der Waals surface area (Å²) in [7, 11) is 3.52. The molecule has 0 bridgehead atoms. The van der Waals surface area contributed by atoms with Crippen molar-refractivity contribution in [3.05, 3.63) is 0 Å². The van der Waals surface area contributed by atoms with Gasteiger partial charge in [0.05, 0.1) is 25.4 Å². The van der Waals surface area contributed by atoms with Gasteiger partial charge >= 0.3 is 0 Å². The first-order valence-corrected chi connectivity index (χ1v) is 5.91. The fourth-order valence-corrected chi connectivity index (χ4v) is 2.62. The second-order valence-corrected chi connectivity index (χ2v) is 4.27. The third-order valence-corrected chi connectivity index (χ3v) is 3.38. The van der Waals surface area contributed by atoms with Crippen molar-refractivity contribution in [1.29, 1.82) is 0 Å². The molecule has 0 N–H and O–H groups in total. The first kappa shape index (κ1) is 12.9. The monoisotopic (exact) mass is 216 g/mol. The quantitative estimate of drug-likeness (QED) is 0.680. The fourth-order valence-electron chi connectivity index (χ4n) is 2.62. The van der Waals surface area contributed by atoms with Gasteiger partial charge in [0.2, 0.25) is 0 Å². The van der Waals surface area contributed by atoms with Crippen LogP contribution in [0.1, 0.15) is 26.7 Å². The van der Waals surface area contributed by atoms with Gasteiger partial charge in [-0.05, 0) is 12.8 Å². The molecule has 15 heavy (non-hydrogen) atoms. The van der Waals surface area contributed by atoms with Crippen LogP contribution in [0.15, 0.2) is 0 Å². The van der Waals surface area contributed by atoms with Crippen LogP contribution in [-0.4, -0.2) is 39.6 Å². The molecule has 3 heteroatoms. The van der Waals surface area contributed by atoms with Crippen molar-refractivity contribution in [1.82, 2.24) is 0 Å². The fraction of sp³-hybridized carbons (Fsp3) is 1.00. The summed E-state index contributed by atoms with van der Waals surface area (Å²) in [6.07, 6.45) is 2.81. The second kappa shape index (κ2) is 6.46. The standard InChI is InChI=1S/C12H24O3/c1-5-11-9(7-13-3)10(8-14-4)12(6-2)15-11/h9-12H,5-8H2,1-4H3. The zero-order valence-corrected chi connectivity index (χ0v) is 10.4. The zero-order chi connectivity index (χ0) is 11.3.